The summed E-state index contributed by atoms with van der Waals surface area (Å²) in [6.07, 6.45) is -4.13. The highest BCUT2D eigenvalue weighted by Crippen LogP contribution is 2.37. The SMILES string of the molecule is CCOc1ccc(Oc2ccc3cc(CCNC(C)=O)ccc3c2)cc1OC(F)(F)F. The maximum Gasteiger partial charge on any atom is 0.573 e. The molecule has 8 heteroatoms. The van der Waals surface area contributed by atoms with Gasteiger partial charge in [0.05, 0.1) is 6.61 Å². The minimum atomic E-state index is -4.84. The first-order chi connectivity index (χ1) is 14.7. The van der Waals surface area contributed by atoms with Crippen LogP contribution in [0.5, 0.6) is 23.0 Å². The summed E-state index contributed by atoms with van der Waals surface area (Å²) < 4.78 is 53.1. The minimum Gasteiger partial charge on any atom is -0.490 e. The second-order valence-corrected chi connectivity index (χ2v) is 6.77. The Labute approximate surface area is 177 Å². The van der Waals surface area contributed by atoms with Crippen molar-refractivity contribution in [3.05, 3.63) is 60.2 Å². The molecule has 0 heterocycles. The fourth-order valence-electron chi connectivity index (χ4n) is 3.04. The van der Waals surface area contributed by atoms with Gasteiger partial charge in [0.2, 0.25) is 5.91 Å². The average Bonchev–Trinajstić information content (AvgIpc) is 2.69. The van der Waals surface area contributed by atoms with Crippen molar-refractivity contribution in [3.63, 3.8) is 0 Å². The van der Waals surface area contributed by atoms with Crippen molar-refractivity contribution < 1.29 is 32.2 Å². The molecule has 0 spiro atoms. The van der Waals surface area contributed by atoms with Gasteiger partial charge in [-0.1, -0.05) is 24.3 Å². The van der Waals surface area contributed by atoms with E-state index in [1.165, 1.54) is 19.1 Å². The number of hydrogen-bond donors (Lipinski definition) is 1. The van der Waals surface area contributed by atoms with Gasteiger partial charge in [-0.2, -0.15) is 0 Å². The van der Waals surface area contributed by atoms with Gasteiger partial charge in [-0.3, -0.25) is 4.79 Å². The number of amides is 1. The highest BCUT2D eigenvalue weighted by Gasteiger charge is 2.32. The number of hydrogen-bond acceptors (Lipinski definition) is 4. The van der Waals surface area contributed by atoms with Gasteiger partial charge in [0.25, 0.3) is 0 Å². The quantitative estimate of drug-likeness (QED) is 0.502. The van der Waals surface area contributed by atoms with E-state index in [9.17, 15) is 18.0 Å². The second-order valence-electron chi connectivity index (χ2n) is 6.77. The molecule has 3 aromatic carbocycles. The van der Waals surface area contributed by atoms with Crippen molar-refractivity contribution in [2.45, 2.75) is 26.6 Å². The predicted octanol–water partition coefficient (Wildman–Crippen LogP) is 5.61. The summed E-state index contributed by atoms with van der Waals surface area (Å²) >= 11 is 0. The lowest BCUT2D eigenvalue weighted by molar-refractivity contribution is -0.275. The highest BCUT2D eigenvalue weighted by atomic mass is 19.4. The molecule has 0 bridgehead atoms. The third kappa shape index (κ3) is 6.53. The molecule has 3 rings (SSSR count). The van der Waals surface area contributed by atoms with Crippen LogP contribution in [-0.4, -0.2) is 25.4 Å². The van der Waals surface area contributed by atoms with Crippen LogP contribution in [0.3, 0.4) is 0 Å². The highest BCUT2D eigenvalue weighted by molar-refractivity contribution is 5.84. The van der Waals surface area contributed by atoms with Crippen molar-refractivity contribution in [3.8, 4) is 23.0 Å². The number of nitrogens with one attached hydrogen (secondary N) is 1. The zero-order chi connectivity index (χ0) is 22.4. The summed E-state index contributed by atoms with van der Waals surface area (Å²) in [6.45, 7) is 3.90. The van der Waals surface area contributed by atoms with Crippen LogP contribution in [-0.2, 0) is 11.2 Å². The van der Waals surface area contributed by atoms with E-state index in [0.717, 1.165) is 22.4 Å². The molecule has 31 heavy (non-hydrogen) atoms. The lowest BCUT2D eigenvalue weighted by Gasteiger charge is -2.15. The largest absolute Gasteiger partial charge is 0.573 e. The monoisotopic (exact) mass is 433 g/mol. The van der Waals surface area contributed by atoms with Crippen LogP contribution >= 0.6 is 0 Å². The predicted molar refractivity (Wildman–Crippen MR) is 111 cm³/mol. The number of rotatable bonds is 8. The number of carbonyl (C=O) groups excluding carboxylic acids is 1. The summed E-state index contributed by atoms with van der Waals surface area (Å²) in [7, 11) is 0. The molecule has 164 valence electrons. The molecule has 3 aromatic rings. The fourth-order valence-corrected chi connectivity index (χ4v) is 3.04. The average molecular weight is 433 g/mol. The molecule has 1 N–H and O–H groups in total. The van der Waals surface area contributed by atoms with Crippen LogP contribution in [0, 0.1) is 0 Å². The molecule has 0 fully saturated rings. The Kier molecular flexibility index (Phi) is 6.89. The third-order valence-electron chi connectivity index (χ3n) is 4.34. The normalized spacial score (nSPS) is 11.3. The molecule has 0 atom stereocenters. The van der Waals surface area contributed by atoms with E-state index in [4.69, 9.17) is 9.47 Å². The molecule has 0 radical (unpaired) electrons. The van der Waals surface area contributed by atoms with Crippen molar-refractivity contribution in [1.82, 2.24) is 5.32 Å². The van der Waals surface area contributed by atoms with Gasteiger partial charge in [-0.25, -0.2) is 0 Å². The summed E-state index contributed by atoms with van der Waals surface area (Å²) in [5.41, 5.74) is 1.08. The molecule has 0 aromatic heterocycles. The van der Waals surface area contributed by atoms with Gasteiger partial charge >= 0.3 is 6.36 Å². The molecule has 0 aliphatic carbocycles. The first kappa shape index (κ1) is 22.3. The molecule has 0 unspecified atom stereocenters. The molecule has 0 aliphatic rings. The Hall–Kier alpha value is -3.42. The van der Waals surface area contributed by atoms with Crippen LogP contribution in [0.1, 0.15) is 19.4 Å². The molecule has 0 aliphatic heterocycles. The molecule has 0 saturated heterocycles. The van der Waals surface area contributed by atoms with Crippen LogP contribution in [0.25, 0.3) is 10.8 Å². The third-order valence-corrected chi connectivity index (χ3v) is 4.34. The van der Waals surface area contributed by atoms with Gasteiger partial charge in [0.1, 0.15) is 11.5 Å². The number of benzene rings is 3. The van der Waals surface area contributed by atoms with Crippen LogP contribution < -0.4 is 19.5 Å². The first-order valence-electron chi connectivity index (χ1n) is 9.71. The van der Waals surface area contributed by atoms with E-state index < -0.39 is 12.1 Å². The smallest absolute Gasteiger partial charge is 0.490 e. The van der Waals surface area contributed by atoms with Crippen molar-refractivity contribution in [1.29, 1.82) is 0 Å². The van der Waals surface area contributed by atoms with Crippen molar-refractivity contribution in [2.75, 3.05) is 13.2 Å². The molecular formula is C23H22F3NO4. The molecule has 5 nitrogen and oxygen atoms in total. The van der Waals surface area contributed by atoms with Gasteiger partial charge in [0.15, 0.2) is 11.5 Å². The number of alkyl halides is 3. The molecular weight excluding hydrogens is 411 g/mol. The Morgan fingerprint density at radius 3 is 2.32 bits per heavy atom. The van der Waals surface area contributed by atoms with E-state index in [1.807, 2.05) is 24.3 Å². The second kappa shape index (κ2) is 9.59. The minimum absolute atomic E-state index is 0.0162. The van der Waals surface area contributed by atoms with E-state index in [0.29, 0.717) is 18.7 Å². The summed E-state index contributed by atoms with van der Waals surface area (Å²) in [4.78, 5) is 11.0. The Balaban J connectivity index is 1.77. The Morgan fingerprint density at radius 2 is 1.61 bits per heavy atom. The molecule has 0 saturated carbocycles. The summed E-state index contributed by atoms with van der Waals surface area (Å²) in [5.74, 6) is 0.115. The Bertz CT molecular complexity index is 1070. The fraction of sp³-hybridized carbons (Fsp3) is 0.261. The first-order valence-corrected chi connectivity index (χ1v) is 9.71. The Morgan fingerprint density at radius 1 is 0.935 bits per heavy atom. The number of ether oxygens (including phenoxy) is 3. The maximum atomic E-state index is 12.7. The summed E-state index contributed by atoms with van der Waals surface area (Å²) in [6, 6.07) is 15.4. The van der Waals surface area contributed by atoms with Gasteiger partial charge in [-0.05, 0) is 53.9 Å². The number of fused-ring (bicyclic) bond motifs is 1. The van der Waals surface area contributed by atoms with Crippen LogP contribution in [0.15, 0.2) is 54.6 Å². The van der Waals surface area contributed by atoms with Crippen LogP contribution in [0.4, 0.5) is 13.2 Å². The number of halogens is 3. The van der Waals surface area contributed by atoms with E-state index in [1.54, 1.807) is 19.1 Å². The van der Waals surface area contributed by atoms with Gasteiger partial charge in [0, 0.05) is 19.5 Å². The lowest BCUT2D eigenvalue weighted by Crippen LogP contribution is -2.22. The zero-order valence-electron chi connectivity index (χ0n) is 17.1. The lowest BCUT2D eigenvalue weighted by atomic mass is 10.0. The zero-order valence-corrected chi connectivity index (χ0v) is 17.1. The van der Waals surface area contributed by atoms with E-state index in [-0.39, 0.29) is 24.0 Å². The maximum absolute atomic E-state index is 12.7. The van der Waals surface area contributed by atoms with Gasteiger partial charge in [-0.15, -0.1) is 13.2 Å². The van der Waals surface area contributed by atoms with Gasteiger partial charge < -0.3 is 19.5 Å². The van der Waals surface area contributed by atoms with E-state index >= 15 is 0 Å². The van der Waals surface area contributed by atoms with Crippen molar-refractivity contribution in [2.24, 2.45) is 0 Å². The van der Waals surface area contributed by atoms with Crippen molar-refractivity contribution >= 4 is 16.7 Å². The summed E-state index contributed by atoms with van der Waals surface area (Å²) in [5, 5.41) is 4.66. The number of carbonyl (C=O) groups is 1. The van der Waals surface area contributed by atoms with Crippen LogP contribution in [0.2, 0.25) is 0 Å². The topological polar surface area (TPSA) is 56.8 Å². The van der Waals surface area contributed by atoms with E-state index in [2.05, 4.69) is 10.1 Å². The standard InChI is InChI=1S/C23H22F3NO4/c1-3-29-21-9-8-20(14-22(21)31-23(24,25)26)30-19-7-6-17-12-16(4-5-18(17)13-19)10-11-27-15(2)28/h4-9,12-14H,3,10-11H2,1-2H3,(H,27,28). The molecule has 1 amide bonds.